The largest absolute Gasteiger partial charge is 0.382 e. The standard InChI is InChI=1S/C19H30N4O4/c1-20-19(21-6-3-9-27-11-10-26-2)22-7-8-23-17(24)15-13-4-5-14(12-13)16(15)18(23)25/h4-5,13-16H,3,6-12H2,1-2H3,(H2,20,21,22). The lowest BCUT2D eigenvalue weighted by Gasteiger charge is -2.18. The molecule has 4 unspecified atom stereocenters. The van der Waals surface area contributed by atoms with Crippen molar-refractivity contribution in [1.82, 2.24) is 15.5 Å². The third-order valence-electron chi connectivity index (χ3n) is 5.60. The SMILES string of the molecule is CN=C(NCCCOCCOC)NCCN1C(=O)C2C3C=CC(C3)C2C1=O. The average Bonchev–Trinajstić information content (AvgIpc) is 3.35. The summed E-state index contributed by atoms with van der Waals surface area (Å²) in [5, 5.41) is 6.37. The van der Waals surface area contributed by atoms with Crippen LogP contribution in [0.25, 0.3) is 0 Å². The number of aliphatic imine (C=N–C) groups is 1. The Labute approximate surface area is 160 Å². The Morgan fingerprint density at radius 3 is 2.41 bits per heavy atom. The summed E-state index contributed by atoms with van der Waals surface area (Å²) >= 11 is 0. The summed E-state index contributed by atoms with van der Waals surface area (Å²) in [5.41, 5.74) is 0. The molecule has 27 heavy (non-hydrogen) atoms. The Morgan fingerprint density at radius 1 is 1.11 bits per heavy atom. The highest BCUT2D eigenvalue weighted by molar-refractivity contribution is 6.06. The van der Waals surface area contributed by atoms with Crippen molar-refractivity contribution in [2.24, 2.45) is 28.7 Å². The summed E-state index contributed by atoms with van der Waals surface area (Å²) in [4.78, 5) is 30.9. The molecule has 8 heteroatoms. The van der Waals surface area contributed by atoms with Gasteiger partial charge in [-0.3, -0.25) is 19.5 Å². The van der Waals surface area contributed by atoms with E-state index in [4.69, 9.17) is 9.47 Å². The zero-order chi connectivity index (χ0) is 19.2. The van der Waals surface area contributed by atoms with Crippen LogP contribution in [0.4, 0.5) is 0 Å². The first-order valence-corrected chi connectivity index (χ1v) is 9.72. The lowest BCUT2D eigenvalue weighted by molar-refractivity contribution is -0.140. The van der Waals surface area contributed by atoms with E-state index in [9.17, 15) is 9.59 Å². The van der Waals surface area contributed by atoms with E-state index in [0.717, 1.165) is 19.4 Å². The molecule has 0 aromatic heterocycles. The zero-order valence-electron chi connectivity index (χ0n) is 16.1. The Balaban J connectivity index is 1.34. The van der Waals surface area contributed by atoms with Crippen LogP contribution in [0.2, 0.25) is 0 Å². The van der Waals surface area contributed by atoms with E-state index in [0.29, 0.717) is 38.9 Å². The summed E-state index contributed by atoms with van der Waals surface area (Å²) < 4.78 is 10.3. The fourth-order valence-corrected chi connectivity index (χ4v) is 4.32. The third kappa shape index (κ3) is 4.32. The quantitative estimate of drug-likeness (QED) is 0.183. The second-order valence-electron chi connectivity index (χ2n) is 7.21. The molecule has 0 radical (unpaired) electrons. The highest BCUT2D eigenvalue weighted by Crippen LogP contribution is 2.52. The van der Waals surface area contributed by atoms with Crippen molar-refractivity contribution >= 4 is 17.8 Å². The van der Waals surface area contributed by atoms with E-state index in [1.165, 1.54) is 4.90 Å². The predicted octanol–water partition coefficient (Wildman–Crippen LogP) is 0.0116. The fraction of sp³-hybridized carbons (Fsp3) is 0.737. The van der Waals surface area contributed by atoms with Crippen LogP contribution in [0.15, 0.2) is 17.1 Å². The van der Waals surface area contributed by atoms with Gasteiger partial charge < -0.3 is 20.1 Å². The number of nitrogens with zero attached hydrogens (tertiary/aromatic N) is 2. The minimum Gasteiger partial charge on any atom is -0.382 e. The van der Waals surface area contributed by atoms with Gasteiger partial charge in [-0.05, 0) is 24.7 Å². The molecule has 2 aliphatic carbocycles. The van der Waals surface area contributed by atoms with Crippen molar-refractivity contribution in [3.63, 3.8) is 0 Å². The molecule has 1 saturated carbocycles. The average molecular weight is 378 g/mol. The van der Waals surface area contributed by atoms with E-state index in [2.05, 4.69) is 27.8 Å². The summed E-state index contributed by atoms with van der Waals surface area (Å²) in [6.07, 6.45) is 6.05. The molecule has 0 aromatic carbocycles. The van der Waals surface area contributed by atoms with Crippen LogP contribution >= 0.6 is 0 Å². The summed E-state index contributed by atoms with van der Waals surface area (Å²) in [7, 11) is 3.35. The topological polar surface area (TPSA) is 92.3 Å². The van der Waals surface area contributed by atoms with E-state index >= 15 is 0 Å². The molecule has 8 nitrogen and oxygen atoms in total. The Hall–Kier alpha value is -1.93. The van der Waals surface area contributed by atoms with Gasteiger partial charge in [0.15, 0.2) is 5.96 Å². The molecule has 3 aliphatic rings. The number of methoxy groups -OCH3 is 1. The molecule has 1 saturated heterocycles. The van der Waals surface area contributed by atoms with Crippen LogP contribution in [0.1, 0.15) is 12.8 Å². The molecule has 3 rings (SSSR count). The number of amides is 2. The van der Waals surface area contributed by atoms with Crippen molar-refractivity contribution in [3.8, 4) is 0 Å². The van der Waals surface area contributed by atoms with Crippen LogP contribution in [-0.4, -0.2) is 76.3 Å². The molecule has 2 amide bonds. The number of imide groups is 1. The number of ether oxygens (including phenoxy) is 2. The second kappa shape index (κ2) is 9.32. The van der Waals surface area contributed by atoms with Gasteiger partial charge >= 0.3 is 0 Å². The van der Waals surface area contributed by atoms with E-state index in [-0.39, 0.29) is 35.5 Å². The summed E-state index contributed by atoms with van der Waals surface area (Å²) in [6.45, 7) is 3.45. The number of hydrogen-bond acceptors (Lipinski definition) is 5. The summed E-state index contributed by atoms with van der Waals surface area (Å²) in [5.74, 6) is 0.934. The van der Waals surface area contributed by atoms with Gasteiger partial charge in [-0.1, -0.05) is 12.2 Å². The molecule has 2 fully saturated rings. The van der Waals surface area contributed by atoms with Crippen LogP contribution < -0.4 is 10.6 Å². The van der Waals surface area contributed by atoms with Gasteiger partial charge in [0.25, 0.3) is 0 Å². The van der Waals surface area contributed by atoms with E-state index in [1.807, 2.05) is 0 Å². The fourth-order valence-electron chi connectivity index (χ4n) is 4.32. The van der Waals surface area contributed by atoms with Gasteiger partial charge in [-0.25, -0.2) is 0 Å². The van der Waals surface area contributed by atoms with Crippen LogP contribution in [-0.2, 0) is 19.1 Å². The van der Waals surface area contributed by atoms with Crippen LogP contribution in [0.3, 0.4) is 0 Å². The Bertz CT molecular complexity index is 577. The minimum absolute atomic E-state index is 0.000181. The molecule has 2 N–H and O–H groups in total. The predicted molar refractivity (Wildman–Crippen MR) is 101 cm³/mol. The lowest BCUT2D eigenvalue weighted by atomic mass is 9.85. The lowest BCUT2D eigenvalue weighted by Crippen LogP contribution is -2.44. The van der Waals surface area contributed by atoms with E-state index in [1.54, 1.807) is 14.2 Å². The normalized spacial score (nSPS) is 29.0. The first-order valence-electron chi connectivity index (χ1n) is 9.72. The second-order valence-corrected chi connectivity index (χ2v) is 7.21. The number of fused-ring (bicyclic) bond motifs is 5. The number of hydrogen-bond donors (Lipinski definition) is 2. The number of guanidine groups is 1. The maximum absolute atomic E-state index is 12.6. The maximum Gasteiger partial charge on any atom is 0.233 e. The molecular weight excluding hydrogens is 348 g/mol. The van der Waals surface area contributed by atoms with Crippen molar-refractivity contribution in [2.45, 2.75) is 12.8 Å². The van der Waals surface area contributed by atoms with Crippen molar-refractivity contribution in [1.29, 1.82) is 0 Å². The highest BCUT2D eigenvalue weighted by Gasteiger charge is 2.58. The monoisotopic (exact) mass is 378 g/mol. The summed E-state index contributed by atoms with van der Waals surface area (Å²) in [6, 6.07) is 0. The molecule has 2 bridgehead atoms. The van der Waals surface area contributed by atoms with Crippen molar-refractivity contribution in [3.05, 3.63) is 12.2 Å². The molecule has 4 atom stereocenters. The molecule has 1 heterocycles. The van der Waals surface area contributed by atoms with Crippen molar-refractivity contribution < 1.29 is 19.1 Å². The van der Waals surface area contributed by atoms with E-state index < -0.39 is 0 Å². The zero-order valence-corrected chi connectivity index (χ0v) is 16.1. The smallest absolute Gasteiger partial charge is 0.233 e. The Kier molecular flexibility index (Phi) is 6.84. The van der Waals surface area contributed by atoms with Gasteiger partial charge in [0.1, 0.15) is 0 Å². The van der Waals surface area contributed by atoms with Gasteiger partial charge in [0.05, 0.1) is 25.0 Å². The van der Waals surface area contributed by atoms with Gasteiger partial charge in [0, 0.05) is 40.4 Å². The molecular formula is C19H30N4O4. The van der Waals surface area contributed by atoms with Gasteiger partial charge in [-0.2, -0.15) is 0 Å². The highest BCUT2D eigenvalue weighted by atomic mass is 16.5. The third-order valence-corrected chi connectivity index (χ3v) is 5.60. The molecule has 1 aliphatic heterocycles. The number of nitrogens with one attached hydrogen (secondary N) is 2. The number of allylic oxidation sites excluding steroid dienone is 2. The van der Waals surface area contributed by atoms with Crippen LogP contribution in [0, 0.1) is 23.7 Å². The number of likely N-dealkylation sites (tertiary alicyclic amines) is 1. The minimum atomic E-state index is -0.122. The first-order chi connectivity index (χ1) is 13.2. The van der Waals surface area contributed by atoms with Gasteiger partial charge in [0.2, 0.25) is 11.8 Å². The maximum atomic E-state index is 12.6. The molecule has 0 aromatic rings. The number of carbonyl (C=O) groups is 2. The number of rotatable bonds is 10. The Morgan fingerprint density at radius 2 is 1.78 bits per heavy atom. The van der Waals surface area contributed by atoms with Gasteiger partial charge in [-0.15, -0.1) is 0 Å². The number of carbonyl (C=O) groups excluding carboxylic acids is 2. The molecule has 150 valence electrons. The molecule has 0 spiro atoms. The van der Waals surface area contributed by atoms with Crippen molar-refractivity contribution in [2.75, 3.05) is 53.6 Å². The first kappa shape index (κ1) is 19.8. The van der Waals surface area contributed by atoms with Crippen LogP contribution in [0.5, 0.6) is 0 Å².